The van der Waals surface area contributed by atoms with Crippen LogP contribution in [0.3, 0.4) is 0 Å². The van der Waals surface area contributed by atoms with Crippen molar-refractivity contribution in [1.29, 1.82) is 0 Å². The number of nitrogens with zero attached hydrogens (tertiary/aromatic N) is 2. The second kappa shape index (κ2) is 6.03. The average Bonchev–Trinajstić information content (AvgIpc) is 2.61. The molecule has 5 heteroatoms. The molecule has 1 aliphatic heterocycles. The molecule has 5 aliphatic rings. The molecule has 1 heterocycles. The predicted molar refractivity (Wildman–Crippen MR) is 103 cm³/mol. The van der Waals surface area contributed by atoms with E-state index in [1.165, 1.54) is 18.5 Å². The van der Waals surface area contributed by atoms with Crippen molar-refractivity contribution in [3.8, 4) is 5.75 Å². The number of ether oxygens (including phenoxy) is 1. The van der Waals surface area contributed by atoms with Crippen molar-refractivity contribution >= 4 is 11.4 Å². The molecule has 0 amide bonds. The first-order valence-corrected chi connectivity index (χ1v) is 10.2. The van der Waals surface area contributed by atoms with Gasteiger partial charge in [-0.15, -0.1) is 0 Å². The van der Waals surface area contributed by atoms with Gasteiger partial charge in [0.25, 0.3) is 0 Å². The number of hydrogen-bond donors (Lipinski definition) is 2. The number of aliphatic hydroxyl groups is 1. The molecule has 4 aliphatic carbocycles. The molecule has 142 valence electrons. The predicted octanol–water partition coefficient (Wildman–Crippen LogP) is 2.34. The molecule has 4 saturated carbocycles. The topological polar surface area (TPSA) is 62.0 Å². The van der Waals surface area contributed by atoms with Crippen molar-refractivity contribution in [2.45, 2.75) is 43.7 Å². The van der Waals surface area contributed by atoms with Gasteiger partial charge in [-0.05, 0) is 62.0 Å². The molecule has 1 aromatic carbocycles. The van der Waals surface area contributed by atoms with Crippen molar-refractivity contribution in [1.82, 2.24) is 4.90 Å². The largest absolute Gasteiger partial charge is 0.495 e. The van der Waals surface area contributed by atoms with Crippen molar-refractivity contribution < 1.29 is 9.84 Å². The second-order valence-electron chi connectivity index (χ2n) is 9.13. The average molecular weight is 357 g/mol. The van der Waals surface area contributed by atoms with E-state index in [1.54, 1.807) is 7.11 Å². The molecule has 0 aromatic heterocycles. The zero-order valence-electron chi connectivity index (χ0n) is 15.7. The number of hydrogen-bond acceptors (Lipinski definition) is 5. The van der Waals surface area contributed by atoms with Crippen LogP contribution in [0.1, 0.15) is 32.1 Å². The highest BCUT2D eigenvalue weighted by molar-refractivity contribution is 5.62. The summed E-state index contributed by atoms with van der Waals surface area (Å²) < 4.78 is 5.38. The number of anilines is 2. The number of nitrogens with two attached hydrogens (primary N) is 1. The highest BCUT2D eigenvalue weighted by Gasteiger charge is 2.56. The molecule has 4 bridgehead atoms. The van der Waals surface area contributed by atoms with Gasteiger partial charge in [0.2, 0.25) is 0 Å². The van der Waals surface area contributed by atoms with E-state index in [0.717, 1.165) is 68.9 Å². The van der Waals surface area contributed by atoms with Crippen LogP contribution < -0.4 is 15.4 Å². The highest BCUT2D eigenvalue weighted by atomic mass is 16.5. The van der Waals surface area contributed by atoms with E-state index in [-0.39, 0.29) is 5.60 Å². The third-order valence-corrected chi connectivity index (χ3v) is 7.51. The summed E-state index contributed by atoms with van der Waals surface area (Å²) in [4.78, 5) is 5.18. The van der Waals surface area contributed by atoms with Gasteiger partial charge < -0.3 is 20.5 Å². The lowest BCUT2D eigenvalue weighted by Crippen LogP contribution is -2.64. The summed E-state index contributed by atoms with van der Waals surface area (Å²) >= 11 is 0. The highest BCUT2D eigenvalue weighted by Crippen LogP contribution is 2.57. The summed E-state index contributed by atoms with van der Waals surface area (Å²) in [6.07, 6.45) is 5.84. The standard InChI is InChI=1S/C21H31N3O2/c1-26-19-10-17(2-3-18(19)22)23-4-6-24(7-5-23)20-15-8-14-9-16(20)13-21(25,11-14)12-15/h2-3,10,14-16,20,25H,4-9,11-13,22H2,1H3/t14?,15?,16?,20-,21-. The van der Waals surface area contributed by atoms with Gasteiger partial charge in [-0.3, -0.25) is 4.90 Å². The van der Waals surface area contributed by atoms with Crippen LogP contribution >= 0.6 is 0 Å². The van der Waals surface area contributed by atoms with Crippen molar-refractivity contribution in [2.24, 2.45) is 17.8 Å². The maximum atomic E-state index is 10.8. The van der Waals surface area contributed by atoms with Gasteiger partial charge in [0, 0.05) is 44.0 Å². The summed E-state index contributed by atoms with van der Waals surface area (Å²) in [7, 11) is 1.67. The number of benzene rings is 1. The maximum absolute atomic E-state index is 10.8. The first-order chi connectivity index (χ1) is 12.5. The monoisotopic (exact) mass is 357 g/mol. The lowest BCUT2D eigenvalue weighted by molar-refractivity contribution is -0.160. The third kappa shape index (κ3) is 2.67. The molecular formula is C21H31N3O2. The van der Waals surface area contributed by atoms with E-state index >= 15 is 0 Å². The normalized spacial score (nSPS) is 39.4. The Kier molecular flexibility index (Phi) is 3.87. The Bertz CT molecular complexity index is 670. The van der Waals surface area contributed by atoms with Gasteiger partial charge in [-0.1, -0.05) is 0 Å². The lowest BCUT2D eigenvalue weighted by atomic mass is 9.52. The van der Waals surface area contributed by atoms with Gasteiger partial charge in [0.15, 0.2) is 0 Å². The van der Waals surface area contributed by atoms with Gasteiger partial charge in [-0.25, -0.2) is 0 Å². The first-order valence-electron chi connectivity index (χ1n) is 10.2. The number of nitrogen functional groups attached to an aromatic ring is 1. The molecular weight excluding hydrogens is 326 g/mol. The molecule has 3 N–H and O–H groups in total. The molecule has 1 aromatic rings. The molecule has 2 unspecified atom stereocenters. The first kappa shape index (κ1) is 16.7. The summed E-state index contributed by atoms with van der Waals surface area (Å²) in [5, 5.41) is 10.8. The smallest absolute Gasteiger partial charge is 0.143 e. The van der Waals surface area contributed by atoms with Crippen molar-refractivity contribution in [3.05, 3.63) is 18.2 Å². The summed E-state index contributed by atoms with van der Waals surface area (Å²) in [6.45, 7) is 4.34. The SMILES string of the molecule is COc1cc(N2CCN([C@H]3C4CC5CC3C[C@](O)(C5)C4)CC2)ccc1N. The van der Waals surface area contributed by atoms with Crippen LogP contribution in [0.2, 0.25) is 0 Å². The zero-order chi connectivity index (χ0) is 17.9. The van der Waals surface area contributed by atoms with Crippen LogP contribution in [0.5, 0.6) is 5.75 Å². The number of methoxy groups -OCH3 is 1. The van der Waals surface area contributed by atoms with E-state index < -0.39 is 0 Å². The Hall–Kier alpha value is -1.46. The minimum absolute atomic E-state index is 0.324. The maximum Gasteiger partial charge on any atom is 0.143 e. The summed E-state index contributed by atoms with van der Waals surface area (Å²) in [5.41, 5.74) is 7.53. The van der Waals surface area contributed by atoms with E-state index in [9.17, 15) is 5.11 Å². The molecule has 1 saturated heterocycles. The van der Waals surface area contributed by atoms with Crippen molar-refractivity contribution in [2.75, 3.05) is 43.9 Å². The summed E-state index contributed by atoms with van der Waals surface area (Å²) in [6, 6.07) is 6.81. The van der Waals surface area contributed by atoms with Crippen LogP contribution in [-0.2, 0) is 0 Å². The Morgan fingerprint density at radius 1 is 1.08 bits per heavy atom. The quantitative estimate of drug-likeness (QED) is 0.813. The summed E-state index contributed by atoms with van der Waals surface area (Å²) in [5.74, 6) is 2.99. The Morgan fingerprint density at radius 3 is 2.38 bits per heavy atom. The fourth-order valence-electron chi connectivity index (χ4n) is 6.73. The van der Waals surface area contributed by atoms with Crippen LogP contribution in [-0.4, -0.2) is 54.9 Å². The van der Waals surface area contributed by atoms with Gasteiger partial charge >= 0.3 is 0 Å². The lowest BCUT2D eigenvalue weighted by Gasteiger charge is -2.61. The molecule has 0 spiro atoms. The minimum atomic E-state index is -0.324. The second-order valence-corrected chi connectivity index (χ2v) is 9.13. The molecule has 26 heavy (non-hydrogen) atoms. The molecule has 5 fully saturated rings. The van der Waals surface area contributed by atoms with Crippen LogP contribution in [0.4, 0.5) is 11.4 Å². The third-order valence-electron chi connectivity index (χ3n) is 7.51. The van der Waals surface area contributed by atoms with Gasteiger partial charge in [0.1, 0.15) is 5.75 Å². The van der Waals surface area contributed by atoms with Crippen molar-refractivity contribution in [3.63, 3.8) is 0 Å². The fraction of sp³-hybridized carbons (Fsp3) is 0.714. The van der Waals surface area contributed by atoms with Crippen LogP contribution in [0, 0.1) is 17.8 Å². The number of rotatable bonds is 3. The minimum Gasteiger partial charge on any atom is -0.495 e. The van der Waals surface area contributed by atoms with E-state index in [4.69, 9.17) is 10.5 Å². The van der Waals surface area contributed by atoms with Crippen LogP contribution in [0.15, 0.2) is 18.2 Å². The van der Waals surface area contributed by atoms with Gasteiger partial charge in [0.05, 0.1) is 18.4 Å². The Labute approximate surface area is 156 Å². The van der Waals surface area contributed by atoms with E-state index in [1.807, 2.05) is 6.07 Å². The Morgan fingerprint density at radius 2 is 1.77 bits per heavy atom. The van der Waals surface area contributed by atoms with Crippen LogP contribution in [0.25, 0.3) is 0 Å². The Balaban J connectivity index is 1.27. The van der Waals surface area contributed by atoms with E-state index in [2.05, 4.69) is 21.9 Å². The molecule has 2 atom stereocenters. The number of piperazine rings is 1. The van der Waals surface area contributed by atoms with E-state index in [0.29, 0.717) is 11.7 Å². The molecule has 5 nitrogen and oxygen atoms in total. The fourth-order valence-corrected chi connectivity index (χ4v) is 6.73. The molecule has 6 rings (SSSR count). The van der Waals surface area contributed by atoms with Gasteiger partial charge in [-0.2, -0.15) is 0 Å². The molecule has 0 radical (unpaired) electrons. The zero-order valence-corrected chi connectivity index (χ0v) is 15.7.